The second-order valence-electron chi connectivity index (χ2n) is 6.14. The molecule has 1 fully saturated rings. The highest BCUT2D eigenvalue weighted by Gasteiger charge is 2.23. The Balaban J connectivity index is 1.54. The molecule has 3 rings (SSSR count). The van der Waals surface area contributed by atoms with E-state index in [1.165, 1.54) is 37.9 Å². The van der Waals surface area contributed by atoms with Gasteiger partial charge in [-0.25, -0.2) is 4.98 Å². The van der Waals surface area contributed by atoms with Crippen molar-refractivity contribution in [1.29, 1.82) is 0 Å². The molecule has 0 spiro atoms. The van der Waals surface area contributed by atoms with Crippen molar-refractivity contribution in [3.05, 3.63) is 35.7 Å². The number of nitrogens with zero attached hydrogens (tertiary/aromatic N) is 4. The van der Waals surface area contributed by atoms with Crippen molar-refractivity contribution in [2.24, 2.45) is 0 Å². The van der Waals surface area contributed by atoms with Crippen LogP contribution in [0.4, 0.5) is 4.39 Å². The summed E-state index contributed by atoms with van der Waals surface area (Å²) in [6.45, 7) is 0.509. The number of hydrogen-bond donors (Lipinski definition) is 1. The number of rotatable bonds is 7. The lowest BCUT2D eigenvalue weighted by molar-refractivity contribution is 0.0952. The molecule has 6 nitrogen and oxygen atoms in total. The number of thioether (sulfide) groups is 1. The van der Waals surface area contributed by atoms with Crippen molar-refractivity contribution in [3.63, 3.8) is 0 Å². The Hall–Kier alpha value is -1.96. The first-order chi connectivity index (χ1) is 12.2. The molecule has 0 bridgehead atoms. The summed E-state index contributed by atoms with van der Waals surface area (Å²) < 4.78 is 15.3. The van der Waals surface area contributed by atoms with Crippen LogP contribution in [-0.2, 0) is 6.42 Å². The highest BCUT2D eigenvalue weighted by Crippen LogP contribution is 2.33. The molecule has 2 aromatic heterocycles. The summed E-state index contributed by atoms with van der Waals surface area (Å²) in [5, 5.41) is 12.4. The highest BCUT2D eigenvalue weighted by atomic mass is 32.2. The van der Waals surface area contributed by atoms with Gasteiger partial charge in [0.05, 0.1) is 0 Å². The molecular weight excluding hydrogens is 341 g/mol. The van der Waals surface area contributed by atoms with Gasteiger partial charge in [-0.3, -0.25) is 4.79 Å². The van der Waals surface area contributed by atoms with Crippen molar-refractivity contribution in [2.75, 3.05) is 12.8 Å². The smallest absolute Gasteiger partial charge is 0.251 e. The minimum atomic E-state index is -0.651. The molecule has 8 heteroatoms. The Morgan fingerprint density at radius 1 is 1.40 bits per heavy atom. The van der Waals surface area contributed by atoms with E-state index in [2.05, 4.69) is 25.1 Å². The number of pyridine rings is 1. The van der Waals surface area contributed by atoms with Crippen molar-refractivity contribution < 1.29 is 9.18 Å². The lowest BCUT2D eigenvalue weighted by Gasteiger charge is -2.16. The van der Waals surface area contributed by atoms with Crippen LogP contribution in [0.15, 0.2) is 23.5 Å². The molecule has 0 atom stereocenters. The molecule has 0 radical (unpaired) electrons. The van der Waals surface area contributed by atoms with Gasteiger partial charge in [-0.05, 0) is 31.6 Å². The first kappa shape index (κ1) is 17.8. The van der Waals surface area contributed by atoms with E-state index in [1.54, 1.807) is 11.8 Å². The fourth-order valence-corrected chi connectivity index (χ4v) is 3.81. The molecule has 134 valence electrons. The molecule has 1 N–H and O–H groups in total. The standard InChI is InChI=1S/C17H22FN5OS/c1-25-17-22-21-15(23(17)13-5-2-3-6-13)7-4-9-20-16(24)12-8-10-19-14(18)11-12/h8,10-11,13H,2-7,9H2,1H3,(H,20,24). The van der Waals surface area contributed by atoms with Gasteiger partial charge in [0.25, 0.3) is 5.91 Å². The quantitative estimate of drug-likeness (QED) is 0.465. The summed E-state index contributed by atoms with van der Waals surface area (Å²) in [5.41, 5.74) is 0.284. The molecule has 25 heavy (non-hydrogen) atoms. The summed E-state index contributed by atoms with van der Waals surface area (Å²) >= 11 is 1.62. The number of carbonyl (C=O) groups excluding carboxylic acids is 1. The number of halogens is 1. The topological polar surface area (TPSA) is 72.7 Å². The van der Waals surface area contributed by atoms with Crippen LogP contribution in [0.1, 0.15) is 54.3 Å². The Morgan fingerprint density at radius 2 is 2.20 bits per heavy atom. The van der Waals surface area contributed by atoms with Gasteiger partial charge in [-0.2, -0.15) is 4.39 Å². The number of nitrogens with one attached hydrogen (secondary N) is 1. The first-order valence-corrected chi connectivity index (χ1v) is 9.79. The molecule has 1 saturated carbocycles. The number of aromatic nitrogens is 4. The second-order valence-corrected chi connectivity index (χ2v) is 6.91. The molecule has 1 aliphatic carbocycles. The van der Waals surface area contributed by atoms with Gasteiger partial charge in [0.2, 0.25) is 5.95 Å². The van der Waals surface area contributed by atoms with Crippen molar-refractivity contribution in [1.82, 2.24) is 25.1 Å². The van der Waals surface area contributed by atoms with Gasteiger partial charge < -0.3 is 9.88 Å². The van der Waals surface area contributed by atoms with E-state index < -0.39 is 5.95 Å². The van der Waals surface area contributed by atoms with Gasteiger partial charge in [0.1, 0.15) is 5.82 Å². The predicted molar refractivity (Wildman–Crippen MR) is 94.2 cm³/mol. The maximum absolute atomic E-state index is 13.1. The Morgan fingerprint density at radius 3 is 2.92 bits per heavy atom. The fourth-order valence-electron chi connectivity index (χ4n) is 3.24. The number of hydrogen-bond acceptors (Lipinski definition) is 5. The van der Waals surface area contributed by atoms with Crippen LogP contribution in [-0.4, -0.2) is 38.5 Å². The number of aryl methyl sites for hydroxylation is 1. The predicted octanol–water partition coefficient (Wildman–Crippen LogP) is 3.01. The van der Waals surface area contributed by atoms with E-state index in [9.17, 15) is 9.18 Å². The largest absolute Gasteiger partial charge is 0.352 e. The average molecular weight is 363 g/mol. The second kappa shape index (κ2) is 8.42. The van der Waals surface area contributed by atoms with Crippen LogP contribution >= 0.6 is 11.8 Å². The summed E-state index contributed by atoms with van der Waals surface area (Å²) in [6.07, 6.45) is 9.72. The Labute approximate surface area is 150 Å². The number of carbonyl (C=O) groups is 1. The van der Waals surface area contributed by atoms with Crippen LogP contribution in [0.5, 0.6) is 0 Å². The third kappa shape index (κ3) is 4.36. The molecule has 0 saturated heterocycles. The maximum atomic E-state index is 13.1. The monoisotopic (exact) mass is 363 g/mol. The van der Waals surface area contributed by atoms with Gasteiger partial charge >= 0.3 is 0 Å². The molecule has 2 aromatic rings. The van der Waals surface area contributed by atoms with Crippen LogP contribution in [0.25, 0.3) is 0 Å². The van der Waals surface area contributed by atoms with E-state index >= 15 is 0 Å². The van der Waals surface area contributed by atoms with Crippen LogP contribution in [0.3, 0.4) is 0 Å². The van der Waals surface area contributed by atoms with Crippen molar-refractivity contribution >= 4 is 17.7 Å². The summed E-state index contributed by atoms with van der Waals surface area (Å²) in [7, 11) is 0. The Kier molecular flexibility index (Phi) is 6.01. The Bertz CT molecular complexity index is 730. The van der Waals surface area contributed by atoms with Gasteiger partial charge in [0.15, 0.2) is 5.16 Å². The summed E-state index contributed by atoms with van der Waals surface area (Å²) in [6, 6.07) is 3.14. The first-order valence-electron chi connectivity index (χ1n) is 8.56. The highest BCUT2D eigenvalue weighted by molar-refractivity contribution is 7.98. The van der Waals surface area contributed by atoms with E-state index in [0.29, 0.717) is 12.6 Å². The van der Waals surface area contributed by atoms with E-state index in [1.807, 2.05) is 6.26 Å². The lowest BCUT2D eigenvalue weighted by Crippen LogP contribution is -2.25. The SMILES string of the molecule is CSc1nnc(CCCNC(=O)c2ccnc(F)c2)n1C1CCCC1. The lowest BCUT2D eigenvalue weighted by atomic mass is 10.2. The zero-order chi connectivity index (χ0) is 17.6. The molecule has 0 aromatic carbocycles. The third-order valence-electron chi connectivity index (χ3n) is 4.46. The molecule has 0 unspecified atom stereocenters. The van der Waals surface area contributed by atoms with Gasteiger partial charge in [-0.1, -0.05) is 24.6 Å². The van der Waals surface area contributed by atoms with Crippen molar-refractivity contribution in [3.8, 4) is 0 Å². The van der Waals surface area contributed by atoms with Gasteiger partial charge in [0, 0.05) is 36.8 Å². The molecular formula is C17H22FN5OS. The zero-order valence-electron chi connectivity index (χ0n) is 14.2. The molecule has 1 aliphatic rings. The summed E-state index contributed by atoms with van der Waals surface area (Å²) in [4.78, 5) is 15.4. The molecule has 2 heterocycles. The van der Waals surface area contributed by atoms with E-state index in [0.717, 1.165) is 29.9 Å². The third-order valence-corrected chi connectivity index (χ3v) is 5.10. The minimum Gasteiger partial charge on any atom is -0.352 e. The molecule has 0 aliphatic heterocycles. The minimum absolute atomic E-state index is 0.284. The summed E-state index contributed by atoms with van der Waals surface area (Å²) in [5.74, 6) is 0.0470. The normalized spacial score (nSPS) is 14.8. The fraction of sp³-hybridized carbons (Fsp3) is 0.529. The van der Waals surface area contributed by atoms with Crippen LogP contribution in [0.2, 0.25) is 0 Å². The van der Waals surface area contributed by atoms with E-state index in [4.69, 9.17) is 0 Å². The average Bonchev–Trinajstić information content (AvgIpc) is 3.27. The molecule has 1 amide bonds. The van der Waals surface area contributed by atoms with Crippen LogP contribution in [0, 0.1) is 5.95 Å². The van der Waals surface area contributed by atoms with E-state index in [-0.39, 0.29) is 11.5 Å². The van der Waals surface area contributed by atoms with Crippen molar-refractivity contribution in [2.45, 2.75) is 49.7 Å². The van der Waals surface area contributed by atoms with Gasteiger partial charge in [-0.15, -0.1) is 10.2 Å². The zero-order valence-corrected chi connectivity index (χ0v) is 15.1. The number of amides is 1. The maximum Gasteiger partial charge on any atom is 0.251 e. The van der Waals surface area contributed by atoms with Crippen LogP contribution < -0.4 is 5.32 Å².